The maximum atomic E-state index is 12.3. The Balaban J connectivity index is 1.54. The molecule has 1 aliphatic carbocycles. The van der Waals surface area contributed by atoms with Crippen LogP contribution in [0.25, 0.3) is 0 Å². The van der Waals surface area contributed by atoms with Gasteiger partial charge >= 0.3 is 0 Å². The van der Waals surface area contributed by atoms with Crippen molar-refractivity contribution in [1.29, 1.82) is 0 Å². The van der Waals surface area contributed by atoms with Crippen LogP contribution in [0.2, 0.25) is 0 Å². The summed E-state index contributed by atoms with van der Waals surface area (Å²) < 4.78 is 0. The van der Waals surface area contributed by atoms with E-state index in [-0.39, 0.29) is 23.3 Å². The van der Waals surface area contributed by atoms with E-state index in [1.54, 1.807) is 6.07 Å². The smallest absolute Gasteiger partial charge is 0.261 e. The van der Waals surface area contributed by atoms with Gasteiger partial charge in [0.15, 0.2) is 0 Å². The predicted molar refractivity (Wildman–Crippen MR) is 101 cm³/mol. The number of rotatable bonds is 5. The Bertz CT molecular complexity index is 753. The second-order valence-corrected chi connectivity index (χ2v) is 8.06. The summed E-state index contributed by atoms with van der Waals surface area (Å²) in [6.45, 7) is 4.86. The fourth-order valence-corrected chi connectivity index (χ4v) is 4.05. The molecule has 1 atom stereocenters. The monoisotopic (exact) mass is 356 g/mol. The van der Waals surface area contributed by atoms with Crippen molar-refractivity contribution >= 4 is 23.2 Å². The van der Waals surface area contributed by atoms with Gasteiger partial charge in [0.25, 0.3) is 5.91 Å². The Morgan fingerprint density at radius 2 is 2.00 bits per heavy atom. The highest BCUT2D eigenvalue weighted by Gasteiger charge is 2.32. The maximum Gasteiger partial charge on any atom is 0.261 e. The van der Waals surface area contributed by atoms with Gasteiger partial charge in [-0.25, -0.2) is 0 Å². The van der Waals surface area contributed by atoms with E-state index in [0.717, 1.165) is 12.8 Å². The van der Waals surface area contributed by atoms with Crippen LogP contribution in [0, 0.1) is 0 Å². The van der Waals surface area contributed by atoms with Crippen LogP contribution in [-0.4, -0.2) is 18.4 Å². The number of hydrogen-bond acceptors (Lipinski definition) is 3. The molecular weight excluding hydrogens is 332 g/mol. The first-order chi connectivity index (χ1) is 12.0. The minimum atomic E-state index is -0.118. The van der Waals surface area contributed by atoms with Crippen molar-refractivity contribution in [3.8, 4) is 0 Å². The van der Waals surface area contributed by atoms with Gasteiger partial charge < -0.3 is 10.6 Å². The standard InChI is InChI=1S/C20H24N2O2S/c1-20(2)11-9-16(14-6-3-4-7-15(14)20)22-18(23)10-12-21-19(24)17-8-5-13-25-17/h3-8,13,16H,9-12H2,1-2H3,(H,21,24)(H,22,23). The third kappa shape index (κ3) is 4.10. The molecule has 1 heterocycles. The summed E-state index contributed by atoms with van der Waals surface area (Å²) in [4.78, 5) is 24.8. The molecule has 2 N–H and O–H groups in total. The first-order valence-corrected chi connectivity index (χ1v) is 9.56. The molecular formula is C20H24N2O2S. The van der Waals surface area contributed by atoms with E-state index in [1.807, 2.05) is 17.5 Å². The van der Waals surface area contributed by atoms with Gasteiger partial charge in [0.2, 0.25) is 5.91 Å². The number of thiophene rings is 1. The van der Waals surface area contributed by atoms with E-state index in [2.05, 4.69) is 42.7 Å². The van der Waals surface area contributed by atoms with E-state index in [4.69, 9.17) is 0 Å². The third-order valence-corrected chi connectivity index (χ3v) is 5.71. The van der Waals surface area contributed by atoms with E-state index < -0.39 is 0 Å². The molecule has 1 unspecified atom stereocenters. The number of nitrogens with one attached hydrogen (secondary N) is 2. The molecule has 0 fully saturated rings. The average Bonchev–Trinajstić information content (AvgIpc) is 3.12. The fraction of sp³-hybridized carbons (Fsp3) is 0.400. The van der Waals surface area contributed by atoms with E-state index in [1.165, 1.54) is 22.5 Å². The molecule has 0 bridgehead atoms. The van der Waals surface area contributed by atoms with Crippen LogP contribution in [0.5, 0.6) is 0 Å². The first kappa shape index (κ1) is 17.7. The normalized spacial score (nSPS) is 18.2. The van der Waals surface area contributed by atoms with Gasteiger partial charge in [-0.15, -0.1) is 11.3 Å². The SMILES string of the molecule is CC1(C)CCC(NC(=O)CCNC(=O)c2cccs2)c2ccccc21. The predicted octanol–water partition coefficient (Wildman–Crippen LogP) is 3.80. The number of carbonyl (C=O) groups is 2. The van der Waals surface area contributed by atoms with Gasteiger partial charge in [0, 0.05) is 13.0 Å². The van der Waals surface area contributed by atoms with Crippen molar-refractivity contribution < 1.29 is 9.59 Å². The number of carbonyl (C=O) groups excluding carboxylic acids is 2. The first-order valence-electron chi connectivity index (χ1n) is 8.68. The van der Waals surface area contributed by atoms with Crippen molar-refractivity contribution in [3.63, 3.8) is 0 Å². The Labute approximate surface area is 152 Å². The summed E-state index contributed by atoms with van der Waals surface area (Å²) in [6.07, 6.45) is 2.28. The highest BCUT2D eigenvalue weighted by atomic mass is 32.1. The highest BCUT2D eigenvalue weighted by Crippen LogP contribution is 2.41. The largest absolute Gasteiger partial charge is 0.351 e. The van der Waals surface area contributed by atoms with Crippen molar-refractivity contribution in [2.24, 2.45) is 0 Å². The van der Waals surface area contributed by atoms with E-state index in [9.17, 15) is 9.59 Å². The summed E-state index contributed by atoms with van der Waals surface area (Å²) in [5.41, 5.74) is 2.68. The Kier molecular flexibility index (Phi) is 5.23. The lowest BCUT2D eigenvalue weighted by molar-refractivity contribution is -0.121. The van der Waals surface area contributed by atoms with Crippen molar-refractivity contribution in [3.05, 3.63) is 57.8 Å². The lowest BCUT2D eigenvalue weighted by atomic mass is 9.71. The molecule has 0 spiro atoms. The van der Waals surface area contributed by atoms with E-state index in [0.29, 0.717) is 17.8 Å². The van der Waals surface area contributed by atoms with Crippen LogP contribution in [0.1, 0.15) is 60.0 Å². The molecule has 0 saturated heterocycles. The third-order valence-electron chi connectivity index (χ3n) is 4.84. The molecule has 5 heteroatoms. The van der Waals surface area contributed by atoms with E-state index >= 15 is 0 Å². The molecule has 25 heavy (non-hydrogen) atoms. The van der Waals surface area contributed by atoms with Crippen molar-refractivity contribution in [2.75, 3.05) is 6.54 Å². The van der Waals surface area contributed by atoms with Gasteiger partial charge in [0.1, 0.15) is 0 Å². The lowest BCUT2D eigenvalue weighted by Gasteiger charge is -2.37. The number of amides is 2. The quantitative estimate of drug-likeness (QED) is 0.856. The lowest BCUT2D eigenvalue weighted by Crippen LogP contribution is -2.37. The molecule has 3 rings (SSSR count). The van der Waals surface area contributed by atoms with Crippen LogP contribution in [0.3, 0.4) is 0 Å². The zero-order chi connectivity index (χ0) is 17.9. The Hall–Kier alpha value is -2.14. The molecule has 0 aliphatic heterocycles. The molecule has 132 valence electrons. The average molecular weight is 356 g/mol. The van der Waals surface area contributed by atoms with Crippen LogP contribution in [0.15, 0.2) is 41.8 Å². The zero-order valence-corrected chi connectivity index (χ0v) is 15.5. The molecule has 1 aromatic heterocycles. The van der Waals surface area contributed by atoms with Gasteiger partial charge in [-0.3, -0.25) is 9.59 Å². The second-order valence-electron chi connectivity index (χ2n) is 7.11. The Morgan fingerprint density at radius 3 is 2.76 bits per heavy atom. The topological polar surface area (TPSA) is 58.2 Å². The van der Waals surface area contributed by atoms with Gasteiger partial charge in [-0.05, 0) is 40.8 Å². The summed E-state index contributed by atoms with van der Waals surface area (Å²) in [6, 6.07) is 12.0. The molecule has 1 aliphatic rings. The van der Waals surface area contributed by atoms with Crippen LogP contribution >= 0.6 is 11.3 Å². The minimum absolute atomic E-state index is 0.0222. The fourth-order valence-electron chi connectivity index (χ4n) is 3.41. The molecule has 2 amide bonds. The minimum Gasteiger partial charge on any atom is -0.351 e. The summed E-state index contributed by atoms with van der Waals surface area (Å²) in [5.74, 6) is -0.140. The molecule has 0 saturated carbocycles. The maximum absolute atomic E-state index is 12.3. The molecule has 1 aromatic carbocycles. The molecule has 0 radical (unpaired) electrons. The second kappa shape index (κ2) is 7.40. The summed E-state index contributed by atoms with van der Waals surface area (Å²) in [5, 5.41) is 7.79. The molecule has 4 nitrogen and oxygen atoms in total. The van der Waals surface area contributed by atoms with Gasteiger partial charge in [-0.2, -0.15) is 0 Å². The van der Waals surface area contributed by atoms with Crippen molar-refractivity contribution in [1.82, 2.24) is 10.6 Å². The van der Waals surface area contributed by atoms with Crippen LogP contribution < -0.4 is 10.6 Å². The van der Waals surface area contributed by atoms with Crippen molar-refractivity contribution in [2.45, 2.75) is 44.6 Å². The summed E-state index contributed by atoms with van der Waals surface area (Å²) in [7, 11) is 0. The van der Waals surface area contributed by atoms with Gasteiger partial charge in [0.05, 0.1) is 10.9 Å². The van der Waals surface area contributed by atoms with Gasteiger partial charge in [-0.1, -0.05) is 44.2 Å². The molecule has 2 aromatic rings. The Morgan fingerprint density at radius 1 is 1.20 bits per heavy atom. The highest BCUT2D eigenvalue weighted by molar-refractivity contribution is 7.12. The van der Waals surface area contributed by atoms with Crippen LogP contribution in [0.4, 0.5) is 0 Å². The number of fused-ring (bicyclic) bond motifs is 1. The summed E-state index contributed by atoms with van der Waals surface area (Å²) >= 11 is 1.40. The number of benzene rings is 1. The number of hydrogen-bond donors (Lipinski definition) is 2. The zero-order valence-electron chi connectivity index (χ0n) is 14.7. The van der Waals surface area contributed by atoms with Crippen LogP contribution in [-0.2, 0) is 10.2 Å².